The number of carbonyl (C=O) groups excluding carboxylic acids is 1. The van der Waals surface area contributed by atoms with Crippen molar-refractivity contribution in [2.45, 2.75) is 81.1 Å². The topological polar surface area (TPSA) is 50.2 Å². The van der Waals surface area contributed by atoms with Crippen molar-refractivity contribution in [3.63, 3.8) is 0 Å². The predicted octanol–water partition coefficient (Wildman–Crippen LogP) is 11.3. The van der Waals surface area contributed by atoms with Crippen molar-refractivity contribution in [3.8, 4) is 11.3 Å². The fourth-order valence-electron chi connectivity index (χ4n) is 5.32. The normalized spacial score (nSPS) is 12.2. The third-order valence-electron chi connectivity index (χ3n) is 9.22. The van der Waals surface area contributed by atoms with Crippen molar-refractivity contribution in [3.05, 3.63) is 89.7 Å². The summed E-state index contributed by atoms with van der Waals surface area (Å²) in [5.74, 6) is 0.286. The zero-order valence-corrected chi connectivity index (χ0v) is 29.9. The second kappa shape index (κ2) is 14.3. The zero-order chi connectivity index (χ0) is 30.7. The standard InChI is InChI=1S/C23H16NS.C15H28O2.Ir/c1-14-11-15(2)13-16(12-14)22-23-21(17-7-3-5-9-19(17)24-22)18-8-4-6-10-20(18)25-23;1-7-14(5,8-2)12(16)11-13(17)15(6,9-3)10-4;/h3-12H,1-2H3;11,16H,7-10H2,1-6H3;/q-1;;/b;12-11-;. The first-order valence-corrected chi connectivity index (χ1v) is 16.0. The van der Waals surface area contributed by atoms with Gasteiger partial charge in [-0.25, -0.2) is 0 Å². The number of aliphatic hydroxyl groups is 1. The van der Waals surface area contributed by atoms with Crippen molar-refractivity contribution < 1.29 is 30.0 Å². The molecular formula is C38H44IrNO2S-. The van der Waals surface area contributed by atoms with E-state index in [-0.39, 0.29) is 42.5 Å². The Hall–Kier alpha value is -2.85. The quantitative estimate of drug-likeness (QED) is 0.0971. The van der Waals surface area contributed by atoms with Crippen LogP contribution in [0, 0.1) is 30.7 Å². The Morgan fingerprint density at radius 3 is 2.07 bits per heavy atom. The Morgan fingerprint density at radius 2 is 1.47 bits per heavy atom. The molecule has 229 valence electrons. The average molecular weight is 771 g/mol. The predicted molar refractivity (Wildman–Crippen MR) is 181 cm³/mol. The van der Waals surface area contributed by atoms with Gasteiger partial charge < -0.3 is 5.11 Å². The first kappa shape index (κ1) is 34.6. The van der Waals surface area contributed by atoms with E-state index in [1.807, 2.05) is 52.9 Å². The number of nitrogens with zero attached hydrogens (tertiary/aromatic N) is 1. The number of pyridine rings is 1. The Morgan fingerprint density at radius 1 is 0.884 bits per heavy atom. The van der Waals surface area contributed by atoms with Gasteiger partial charge in [0.1, 0.15) is 5.76 Å². The summed E-state index contributed by atoms with van der Waals surface area (Å²) < 4.78 is 2.56. The van der Waals surface area contributed by atoms with Crippen molar-refractivity contribution in [2.75, 3.05) is 0 Å². The van der Waals surface area contributed by atoms with Crippen LogP contribution in [0.1, 0.15) is 78.4 Å². The van der Waals surface area contributed by atoms with Gasteiger partial charge in [-0.05, 0) is 37.8 Å². The molecule has 5 rings (SSSR count). The first-order valence-electron chi connectivity index (χ1n) is 15.2. The second-order valence-electron chi connectivity index (χ2n) is 12.0. The Balaban J connectivity index is 0.000000250. The molecule has 2 aromatic heterocycles. The molecule has 0 atom stereocenters. The van der Waals surface area contributed by atoms with Crippen molar-refractivity contribution in [1.82, 2.24) is 4.98 Å². The van der Waals surface area contributed by atoms with Gasteiger partial charge in [-0.15, -0.1) is 46.2 Å². The Bertz CT molecular complexity index is 1740. The maximum atomic E-state index is 12.2. The number of rotatable bonds is 8. The van der Waals surface area contributed by atoms with Crippen LogP contribution < -0.4 is 0 Å². The molecule has 1 radical (unpaired) electrons. The van der Waals surface area contributed by atoms with Crippen LogP contribution in [-0.4, -0.2) is 15.9 Å². The van der Waals surface area contributed by atoms with Gasteiger partial charge in [0, 0.05) is 68.3 Å². The number of aryl methyl sites for hydroxylation is 2. The average Bonchev–Trinajstić information content (AvgIpc) is 3.39. The van der Waals surface area contributed by atoms with E-state index in [1.54, 1.807) is 0 Å². The molecule has 1 N–H and O–H groups in total. The van der Waals surface area contributed by atoms with Crippen LogP contribution in [0.3, 0.4) is 0 Å². The van der Waals surface area contributed by atoms with Gasteiger partial charge in [-0.3, -0.25) is 9.78 Å². The van der Waals surface area contributed by atoms with Gasteiger partial charge in [-0.1, -0.05) is 91.8 Å². The van der Waals surface area contributed by atoms with Gasteiger partial charge in [0.05, 0.1) is 5.52 Å². The van der Waals surface area contributed by atoms with Crippen molar-refractivity contribution in [1.29, 1.82) is 0 Å². The molecule has 2 heterocycles. The summed E-state index contributed by atoms with van der Waals surface area (Å²) in [5, 5.41) is 14.0. The minimum absolute atomic E-state index is 0. The van der Waals surface area contributed by atoms with Crippen LogP contribution in [0.25, 0.3) is 42.3 Å². The Kier molecular flexibility index (Phi) is 11.5. The van der Waals surface area contributed by atoms with E-state index < -0.39 is 0 Å². The fourth-order valence-corrected chi connectivity index (χ4v) is 6.54. The Labute approximate surface area is 274 Å². The van der Waals surface area contributed by atoms with Crippen LogP contribution in [0.2, 0.25) is 0 Å². The summed E-state index contributed by atoms with van der Waals surface area (Å²) in [6.07, 6.45) is 4.75. The number of thiophene rings is 1. The molecule has 0 saturated heterocycles. The summed E-state index contributed by atoms with van der Waals surface area (Å²) in [7, 11) is 0. The van der Waals surface area contributed by atoms with E-state index in [2.05, 4.69) is 80.6 Å². The van der Waals surface area contributed by atoms with Gasteiger partial charge in [0.25, 0.3) is 0 Å². The summed E-state index contributed by atoms with van der Waals surface area (Å²) in [4.78, 5) is 17.2. The molecule has 43 heavy (non-hydrogen) atoms. The smallest absolute Gasteiger partial charge is 0.164 e. The number of allylic oxidation sites excluding steroid dienone is 2. The minimum Gasteiger partial charge on any atom is -0.512 e. The molecule has 0 unspecified atom stereocenters. The van der Waals surface area contributed by atoms with Crippen LogP contribution in [0.5, 0.6) is 0 Å². The van der Waals surface area contributed by atoms with Crippen LogP contribution in [0.4, 0.5) is 0 Å². The molecule has 0 aliphatic heterocycles. The molecule has 0 spiro atoms. The third-order valence-corrected chi connectivity index (χ3v) is 10.4. The zero-order valence-electron chi connectivity index (χ0n) is 26.7. The summed E-state index contributed by atoms with van der Waals surface area (Å²) >= 11 is 1.83. The SMILES string of the molecule is CCC(C)(CC)C(=O)/C=C(\O)C(C)(CC)CC.Cc1[c-]c(-c2nc3ccccc3c3c2sc2ccccc23)cc(C)c1.[Ir]. The second-order valence-corrected chi connectivity index (χ2v) is 13.0. The molecule has 5 heteroatoms. The van der Waals surface area contributed by atoms with E-state index in [1.165, 1.54) is 37.2 Å². The monoisotopic (exact) mass is 771 g/mol. The molecule has 3 nitrogen and oxygen atoms in total. The van der Waals surface area contributed by atoms with Crippen molar-refractivity contribution in [2.24, 2.45) is 10.8 Å². The molecule has 3 aromatic carbocycles. The van der Waals surface area contributed by atoms with Gasteiger partial charge in [0.15, 0.2) is 5.78 Å². The largest absolute Gasteiger partial charge is 0.512 e. The van der Waals surface area contributed by atoms with E-state index in [0.717, 1.165) is 48.0 Å². The maximum absolute atomic E-state index is 12.2. The number of fused-ring (bicyclic) bond motifs is 5. The van der Waals surface area contributed by atoms with Crippen molar-refractivity contribution >= 4 is 48.2 Å². The number of para-hydroxylation sites is 1. The van der Waals surface area contributed by atoms with Gasteiger partial charge in [-0.2, -0.15) is 0 Å². The van der Waals surface area contributed by atoms with Crippen LogP contribution >= 0.6 is 11.3 Å². The first-order chi connectivity index (χ1) is 20.0. The van der Waals surface area contributed by atoms with E-state index in [4.69, 9.17) is 4.98 Å². The molecule has 0 amide bonds. The number of hydrogen-bond acceptors (Lipinski definition) is 4. The van der Waals surface area contributed by atoms with Crippen LogP contribution in [0.15, 0.2) is 72.5 Å². The van der Waals surface area contributed by atoms with E-state index >= 15 is 0 Å². The number of aliphatic hydroxyl groups excluding tert-OH is 1. The van der Waals surface area contributed by atoms with E-state index in [0.29, 0.717) is 0 Å². The number of aromatic nitrogens is 1. The van der Waals surface area contributed by atoms with Crippen LogP contribution in [-0.2, 0) is 24.9 Å². The fraction of sp³-hybridized carbons (Fsp3) is 0.368. The number of benzene rings is 3. The molecule has 5 aromatic rings. The van der Waals surface area contributed by atoms with E-state index in [9.17, 15) is 9.90 Å². The molecular weight excluding hydrogens is 727 g/mol. The molecule has 0 saturated carbocycles. The number of carbonyl (C=O) groups is 1. The molecule has 0 aliphatic rings. The summed E-state index contributed by atoms with van der Waals surface area (Å²) in [5.41, 5.74) is 4.96. The molecule has 0 bridgehead atoms. The maximum Gasteiger partial charge on any atom is 0.164 e. The minimum atomic E-state index is -0.337. The molecule has 0 fully saturated rings. The number of hydrogen-bond donors (Lipinski definition) is 1. The molecule has 0 aliphatic carbocycles. The summed E-state index contributed by atoms with van der Waals surface area (Å²) in [6.45, 7) is 16.3. The van der Waals surface area contributed by atoms with Gasteiger partial charge in [0.2, 0.25) is 0 Å². The number of ketones is 1. The van der Waals surface area contributed by atoms with Gasteiger partial charge >= 0.3 is 0 Å². The summed E-state index contributed by atoms with van der Waals surface area (Å²) in [6, 6.07) is 24.9. The third kappa shape index (κ3) is 7.11.